The minimum atomic E-state index is -0.793. The van der Waals surface area contributed by atoms with Crippen LogP contribution in [0.25, 0.3) is 5.69 Å². The monoisotopic (exact) mass is 320 g/mol. The average molecular weight is 320 g/mol. The first-order chi connectivity index (χ1) is 10.9. The van der Waals surface area contributed by atoms with E-state index in [9.17, 15) is 18.8 Å². The zero-order valence-electron chi connectivity index (χ0n) is 13.1. The quantitative estimate of drug-likeness (QED) is 0.828. The fourth-order valence-corrected chi connectivity index (χ4v) is 2.03. The molecule has 0 radical (unpaired) electrons. The number of para-hydroxylation sites is 1. The summed E-state index contributed by atoms with van der Waals surface area (Å²) in [4.78, 5) is 38.2. The molecule has 0 bridgehead atoms. The smallest absolute Gasteiger partial charge is 0.340 e. The van der Waals surface area contributed by atoms with E-state index in [0.29, 0.717) is 6.54 Å². The van der Waals surface area contributed by atoms with Crippen LogP contribution in [0.1, 0.15) is 24.3 Å². The van der Waals surface area contributed by atoms with Gasteiger partial charge in [-0.2, -0.15) is 9.78 Å². The minimum Gasteiger partial charge on any atom is -0.340 e. The molecular formula is C15H17FN4O3. The minimum absolute atomic E-state index is 0.0464. The molecule has 0 aliphatic heterocycles. The van der Waals surface area contributed by atoms with Gasteiger partial charge in [-0.25, -0.2) is 9.18 Å². The molecule has 1 heterocycles. The molecular weight excluding hydrogens is 303 g/mol. The second kappa shape index (κ2) is 6.55. The summed E-state index contributed by atoms with van der Waals surface area (Å²) in [6, 6.07) is 5.53. The van der Waals surface area contributed by atoms with Crippen LogP contribution in [0.3, 0.4) is 0 Å². The van der Waals surface area contributed by atoms with Gasteiger partial charge >= 0.3 is 5.69 Å². The summed E-state index contributed by atoms with van der Waals surface area (Å²) in [5, 5.41) is 3.82. The maximum absolute atomic E-state index is 14.0. The third-order valence-electron chi connectivity index (χ3n) is 3.48. The lowest BCUT2D eigenvalue weighted by Crippen LogP contribution is -2.46. The van der Waals surface area contributed by atoms with Crippen molar-refractivity contribution in [1.29, 1.82) is 0 Å². The van der Waals surface area contributed by atoms with E-state index in [4.69, 9.17) is 0 Å². The Balaban J connectivity index is 2.80. The van der Waals surface area contributed by atoms with Crippen molar-refractivity contribution in [1.82, 2.24) is 19.2 Å². The Morgan fingerprint density at radius 3 is 2.48 bits per heavy atom. The van der Waals surface area contributed by atoms with Gasteiger partial charge in [0.1, 0.15) is 11.5 Å². The third-order valence-corrected chi connectivity index (χ3v) is 3.48. The number of aromatic nitrogens is 3. The molecule has 23 heavy (non-hydrogen) atoms. The highest BCUT2D eigenvalue weighted by Gasteiger charge is 2.22. The van der Waals surface area contributed by atoms with Gasteiger partial charge in [0.25, 0.3) is 11.5 Å². The van der Waals surface area contributed by atoms with Crippen molar-refractivity contribution < 1.29 is 9.18 Å². The molecule has 0 atom stereocenters. The van der Waals surface area contributed by atoms with Gasteiger partial charge in [-0.3, -0.25) is 14.2 Å². The first-order valence-electron chi connectivity index (χ1n) is 7.16. The van der Waals surface area contributed by atoms with Crippen molar-refractivity contribution in [3.05, 3.63) is 56.6 Å². The van der Waals surface area contributed by atoms with E-state index < -0.39 is 28.7 Å². The molecule has 0 spiro atoms. The van der Waals surface area contributed by atoms with Crippen molar-refractivity contribution in [3.63, 3.8) is 0 Å². The maximum Gasteiger partial charge on any atom is 0.352 e. The number of amides is 1. The van der Waals surface area contributed by atoms with Gasteiger partial charge in [0.05, 0.1) is 0 Å². The molecule has 0 aliphatic carbocycles. The second-order valence-corrected chi connectivity index (χ2v) is 4.86. The standard InChI is InChI=1S/C15H17FN4O3/c1-4-18(3)13(21)12-14(22)19(5-2)15(23)20(17-12)11-9-7-6-8-10(11)16/h6-9H,4-5H2,1-3H3. The molecule has 0 aliphatic rings. The molecule has 0 saturated carbocycles. The number of carbonyl (C=O) groups is 1. The number of carbonyl (C=O) groups excluding carboxylic acids is 1. The predicted molar refractivity (Wildman–Crippen MR) is 82.4 cm³/mol. The Morgan fingerprint density at radius 1 is 1.26 bits per heavy atom. The van der Waals surface area contributed by atoms with Crippen molar-refractivity contribution in [2.24, 2.45) is 0 Å². The van der Waals surface area contributed by atoms with Gasteiger partial charge in [-0.1, -0.05) is 12.1 Å². The van der Waals surface area contributed by atoms with Crippen LogP contribution in [0.15, 0.2) is 33.9 Å². The van der Waals surface area contributed by atoms with E-state index in [1.807, 2.05) is 0 Å². The lowest BCUT2D eigenvalue weighted by Gasteiger charge is -2.15. The Kier molecular flexibility index (Phi) is 4.73. The molecule has 0 unspecified atom stereocenters. The summed E-state index contributed by atoms with van der Waals surface area (Å²) in [5.41, 5.74) is -2.11. The number of benzene rings is 1. The molecule has 1 aromatic heterocycles. The number of hydrogen-bond acceptors (Lipinski definition) is 4. The summed E-state index contributed by atoms with van der Waals surface area (Å²) >= 11 is 0. The zero-order valence-corrected chi connectivity index (χ0v) is 13.1. The molecule has 2 aromatic rings. The van der Waals surface area contributed by atoms with Crippen LogP contribution in [0.5, 0.6) is 0 Å². The molecule has 122 valence electrons. The largest absolute Gasteiger partial charge is 0.352 e. The van der Waals surface area contributed by atoms with Crippen molar-refractivity contribution in [2.75, 3.05) is 13.6 Å². The molecule has 1 amide bonds. The maximum atomic E-state index is 14.0. The molecule has 1 aromatic carbocycles. The summed E-state index contributed by atoms with van der Waals surface area (Å²) in [5.74, 6) is -1.30. The lowest BCUT2D eigenvalue weighted by atomic mass is 10.3. The van der Waals surface area contributed by atoms with E-state index in [0.717, 1.165) is 9.25 Å². The Bertz CT molecular complexity index is 857. The van der Waals surface area contributed by atoms with E-state index in [1.165, 1.54) is 36.2 Å². The van der Waals surface area contributed by atoms with Crippen molar-refractivity contribution in [2.45, 2.75) is 20.4 Å². The Hall–Kier alpha value is -2.77. The first-order valence-corrected chi connectivity index (χ1v) is 7.16. The molecule has 7 nitrogen and oxygen atoms in total. The third kappa shape index (κ3) is 2.92. The number of rotatable bonds is 4. The molecule has 0 saturated heterocycles. The number of hydrogen-bond donors (Lipinski definition) is 0. The van der Waals surface area contributed by atoms with Gasteiger partial charge in [0.15, 0.2) is 0 Å². The lowest BCUT2D eigenvalue weighted by molar-refractivity contribution is 0.0791. The van der Waals surface area contributed by atoms with Crippen LogP contribution in [-0.4, -0.2) is 38.7 Å². The zero-order chi connectivity index (χ0) is 17.1. The summed E-state index contributed by atoms with van der Waals surface area (Å²) < 4.78 is 15.6. The highest BCUT2D eigenvalue weighted by molar-refractivity contribution is 5.91. The fourth-order valence-electron chi connectivity index (χ4n) is 2.03. The SMILES string of the molecule is CCN(C)C(=O)c1nn(-c2ccccc2F)c(=O)n(CC)c1=O. The van der Waals surface area contributed by atoms with Crippen LogP contribution >= 0.6 is 0 Å². The van der Waals surface area contributed by atoms with Crippen LogP contribution in [0.2, 0.25) is 0 Å². The van der Waals surface area contributed by atoms with Gasteiger partial charge < -0.3 is 4.90 Å². The van der Waals surface area contributed by atoms with Crippen LogP contribution < -0.4 is 11.2 Å². The number of nitrogens with zero attached hydrogens (tertiary/aromatic N) is 4. The molecule has 0 fully saturated rings. The van der Waals surface area contributed by atoms with Gasteiger partial charge in [0, 0.05) is 20.1 Å². The van der Waals surface area contributed by atoms with Gasteiger partial charge in [-0.15, -0.1) is 0 Å². The van der Waals surface area contributed by atoms with Crippen molar-refractivity contribution >= 4 is 5.91 Å². The predicted octanol–water partition coefficient (Wildman–Crippen LogP) is 0.645. The van der Waals surface area contributed by atoms with Gasteiger partial charge in [-0.05, 0) is 26.0 Å². The molecule has 8 heteroatoms. The molecule has 2 rings (SSSR count). The highest BCUT2D eigenvalue weighted by Crippen LogP contribution is 2.09. The van der Waals surface area contributed by atoms with E-state index in [2.05, 4.69) is 5.10 Å². The molecule has 0 N–H and O–H groups in total. The Labute approximate surface area is 131 Å². The highest BCUT2D eigenvalue weighted by atomic mass is 19.1. The summed E-state index contributed by atoms with van der Waals surface area (Å²) in [7, 11) is 1.51. The second-order valence-electron chi connectivity index (χ2n) is 4.86. The average Bonchev–Trinajstić information content (AvgIpc) is 2.55. The fraction of sp³-hybridized carbons (Fsp3) is 0.333. The van der Waals surface area contributed by atoms with Crippen LogP contribution in [-0.2, 0) is 6.54 Å². The topological polar surface area (TPSA) is 77.2 Å². The number of halogens is 1. The summed E-state index contributed by atoms with van der Waals surface area (Å²) in [6.45, 7) is 3.74. The van der Waals surface area contributed by atoms with E-state index in [-0.39, 0.29) is 12.2 Å². The Morgan fingerprint density at radius 2 is 1.91 bits per heavy atom. The van der Waals surface area contributed by atoms with E-state index in [1.54, 1.807) is 13.8 Å². The van der Waals surface area contributed by atoms with E-state index >= 15 is 0 Å². The van der Waals surface area contributed by atoms with Crippen LogP contribution in [0, 0.1) is 5.82 Å². The van der Waals surface area contributed by atoms with Gasteiger partial charge in [0.2, 0.25) is 5.69 Å². The summed E-state index contributed by atoms with van der Waals surface area (Å²) in [6.07, 6.45) is 0. The van der Waals surface area contributed by atoms with Crippen LogP contribution in [0.4, 0.5) is 4.39 Å². The van der Waals surface area contributed by atoms with Crippen molar-refractivity contribution in [3.8, 4) is 5.69 Å². The normalized spacial score (nSPS) is 10.6. The first kappa shape index (κ1) is 16.6.